The molecule has 1 aliphatic rings. The molecule has 2 atom stereocenters. The van der Waals surface area contributed by atoms with Gasteiger partial charge in [-0.05, 0) is 24.8 Å². The van der Waals surface area contributed by atoms with Gasteiger partial charge in [-0.25, -0.2) is 4.79 Å². The van der Waals surface area contributed by atoms with E-state index in [1.165, 1.54) is 4.90 Å². The number of rotatable bonds is 2. The van der Waals surface area contributed by atoms with Gasteiger partial charge in [-0.3, -0.25) is 4.79 Å². The summed E-state index contributed by atoms with van der Waals surface area (Å²) in [5, 5.41) is 3.54. The first kappa shape index (κ1) is 12.3. The molecule has 0 radical (unpaired) electrons. The van der Waals surface area contributed by atoms with Crippen molar-refractivity contribution in [3.05, 3.63) is 16.0 Å². The number of carbonyl (C=O) groups is 1. The highest BCUT2D eigenvalue weighted by Gasteiger charge is 2.31. The fraction of sp³-hybridized carbons (Fsp3) is 0.700. The van der Waals surface area contributed by atoms with Gasteiger partial charge in [0.15, 0.2) is 0 Å². The Hall–Kier alpha value is -1.77. The van der Waals surface area contributed by atoms with Crippen LogP contribution in [0.25, 0.3) is 10.4 Å². The van der Waals surface area contributed by atoms with E-state index in [1.807, 2.05) is 0 Å². The van der Waals surface area contributed by atoms with Crippen LogP contribution in [0.15, 0.2) is 10.7 Å². The molecule has 6 heteroatoms. The molecule has 1 amide bonds. The number of hydrogen-bond acceptors (Lipinski definition) is 3. The normalized spacial score (nSPS) is 24.2. The lowest BCUT2D eigenvalue weighted by Gasteiger charge is -2.28. The first-order valence-corrected chi connectivity index (χ1v) is 5.09. The molecule has 0 spiro atoms. The van der Waals surface area contributed by atoms with Crippen LogP contribution in [0, 0.1) is 5.92 Å². The maximum absolute atomic E-state index is 11.7. The summed E-state index contributed by atoms with van der Waals surface area (Å²) >= 11 is 0. The summed E-state index contributed by atoms with van der Waals surface area (Å²) in [6.45, 7) is 0. The lowest BCUT2D eigenvalue weighted by Crippen LogP contribution is -2.34. The molecule has 1 fully saturated rings. The van der Waals surface area contributed by atoms with Crippen LogP contribution < -0.4 is 0 Å². The highest BCUT2D eigenvalue weighted by atomic mass is 16.2. The maximum atomic E-state index is 11.7. The monoisotopic (exact) mass is 222 g/mol. The first-order chi connectivity index (χ1) is 7.60. The van der Waals surface area contributed by atoms with E-state index in [2.05, 4.69) is 10.0 Å². The van der Waals surface area contributed by atoms with E-state index in [0.717, 1.165) is 0 Å². The van der Waals surface area contributed by atoms with Crippen molar-refractivity contribution < 1.29 is 9.59 Å². The number of hydrogen-bond donors (Lipinski definition) is 0. The van der Waals surface area contributed by atoms with E-state index >= 15 is 0 Å². The molecule has 0 heterocycles. The standard InChI is InChI=1S/C10H14N4O2/c1-14(2)10(16)7-3-4-8(6-15)9(5-7)12-13-11/h7,9H,3-5H2,1-2H3/t7-,9+/m0/s1. The van der Waals surface area contributed by atoms with Crippen LogP contribution >= 0.6 is 0 Å². The average molecular weight is 222 g/mol. The molecule has 86 valence electrons. The third kappa shape index (κ3) is 2.63. The summed E-state index contributed by atoms with van der Waals surface area (Å²) in [7, 11) is 3.38. The van der Waals surface area contributed by atoms with Gasteiger partial charge in [0.25, 0.3) is 0 Å². The predicted molar refractivity (Wildman–Crippen MR) is 58.2 cm³/mol. The minimum atomic E-state index is -0.509. The quantitative estimate of drug-likeness (QED) is 0.305. The summed E-state index contributed by atoms with van der Waals surface area (Å²) in [6.07, 6.45) is 1.52. The molecule has 0 aliphatic heterocycles. The third-order valence-electron chi connectivity index (χ3n) is 2.78. The van der Waals surface area contributed by atoms with Crippen LogP contribution in [0.5, 0.6) is 0 Å². The zero-order valence-corrected chi connectivity index (χ0v) is 9.38. The van der Waals surface area contributed by atoms with E-state index in [4.69, 9.17) is 5.53 Å². The van der Waals surface area contributed by atoms with Crippen molar-refractivity contribution in [2.24, 2.45) is 11.0 Å². The summed E-state index contributed by atoms with van der Waals surface area (Å²) in [5.74, 6) is 1.66. The van der Waals surface area contributed by atoms with Crippen molar-refractivity contribution >= 4 is 11.8 Å². The van der Waals surface area contributed by atoms with Crippen LogP contribution in [0.4, 0.5) is 0 Å². The Labute approximate surface area is 93.5 Å². The molecule has 1 rings (SSSR count). The van der Waals surface area contributed by atoms with Gasteiger partial charge in [-0.2, -0.15) is 0 Å². The van der Waals surface area contributed by atoms with E-state index in [-0.39, 0.29) is 11.8 Å². The number of amides is 1. The number of azide groups is 1. The van der Waals surface area contributed by atoms with Gasteiger partial charge in [-0.1, -0.05) is 5.11 Å². The highest BCUT2D eigenvalue weighted by Crippen LogP contribution is 2.30. The van der Waals surface area contributed by atoms with Crippen LogP contribution in [0.1, 0.15) is 19.3 Å². The zero-order valence-electron chi connectivity index (χ0n) is 9.38. The molecular formula is C10H14N4O2. The van der Waals surface area contributed by atoms with Crippen molar-refractivity contribution in [1.29, 1.82) is 0 Å². The molecular weight excluding hydrogens is 208 g/mol. The molecule has 0 aromatic heterocycles. The Bertz CT molecular complexity index is 378. The lowest BCUT2D eigenvalue weighted by molar-refractivity contribution is -0.133. The summed E-state index contributed by atoms with van der Waals surface area (Å²) in [5.41, 5.74) is 8.86. The van der Waals surface area contributed by atoms with Gasteiger partial charge in [-0.15, -0.1) is 0 Å². The van der Waals surface area contributed by atoms with E-state index in [1.54, 1.807) is 20.0 Å². The van der Waals surface area contributed by atoms with Gasteiger partial charge < -0.3 is 4.90 Å². The molecule has 0 bridgehead atoms. The van der Waals surface area contributed by atoms with Crippen LogP contribution in [0.2, 0.25) is 0 Å². The fourth-order valence-corrected chi connectivity index (χ4v) is 1.91. The number of carbonyl (C=O) groups excluding carboxylic acids is 2. The maximum Gasteiger partial charge on any atom is 0.225 e. The zero-order chi connectivity index (χ0) is 12.1. The molecule has 0 aromatic carbocycles. The minimum Gasteiger partial charge on any atom is -0.349 e. The van der Waals surface area contributed by atoms with Crippen LogP contribution in [-0.4, -0.2) is 36.9 Å². The molecule has 16 heavy (non-hydrogen) atoms. The smallest absolute Gasteiger partial charge is 0.225 e. The topological polar surface area (TPSA) is 86.1 Å². The van der Waals surface area contributed by atoms with Gasteiger partial charge >= 0.3 is 0 Å². The SMILES string of the molecule is CN(C)C(=O)[C@H]1CCC(=C=O)[C@H](N=[N+]=[N-])C1. The Kier molecular flexibility index (Phi) is 4.11. The molecule has 6 nitrogen and oxygen atoms in total. The van der Waals surface area contributed by atoms with Gasteiger partial charge in [0.05, 0.1) is 6.04 Å². The van der Waals surface area contributed by atoms with Crippen molar-refractivity contribution in [1.82, 2.24) is 4.90 Å². The third-order valence-corrected chi connectivity index (χ3v) is 2.78. The summed E-state index contributed by atoms with van der Waals surface area (Å²) in [6, 6.07) is -0.509. The molecule has 0 unspecified atom stereocenters. The lowest BCUT2D eigenvalue weighted by atomic mass is 9.82. The van der Waals surface area contributed by atoms with Crippen molar-refractivity contribution in [3.63, 3.8) is 0 Å². The molecule has 1 saturated carbocycles. The predicted octanol–water partition coefficient (Wildman–Crippen LogP) is 1.31. The second-order valence-corrected chi connectivity index (χ2v) is 4.05. The van der Waals surface area contributed by atoms with Gasteiger partial charge in [0.2, 0.25) is 5.91 Å². The van der Waals surface area contributed by atoms with Gasteiger partial charge in [0.1, 0.15) is 5.94 Å². The Morgan fingerprint density at radius 3 is 2.81 bits per heavy atom. The first-order valence-electron chi connectivity index (χ1n) is 5.09. The number of nitrogens with zero attached hydrogens (tertiary/aromatic N) is 4. The average Bonchev–Trinajstić information content (AvgIpc) is 2.28. The second-order valence-electron chi connectivity index (χ2n) is 4.05. The summed E-state index contributed by atoms with van der Waals surface area (Å²) in [4.78, 5) is 26.6. The molecule has 0 aromatic rings. The second kappa shape index (κ2) is 5.35. The molecule has 1 aliphatic carbocycles. The Morgan fingerprint density at radius 1 is 1.62 bits per heavy atom. The van der Waals surface area contributed by atoms with E-state index in [9.17, 15) is 9.59 Å². The van der Waals surface area contributed by atoms with Crippen LogP contribution in [0.3, 0.4) is 0 Å². The Morgan fingerprint density at radius 2 is 2.31 bits per heavy atom. The Balaban J connectivity index is 2.80. The van der Waals surface area contributed by atoms with E-state index in [0.29, 0.717) is 24.8 Å². The highest BCUT2D eigenvalue weighted by molar-refractivity contribution is 5.79. The van der Waals surface area contributed by atoms with Gasteiger partial charge in [0, 0.05) is 30.5 Å². The molecule has 0 N–H and O–H groups in total. The van der Waals surface area contributed by atoms with Crippen molar-refractivity contribution in [2.45, 2.75) is 25.3 Å². The summed E-state index contributed by atoms with van der Waals surface area (Å²) < 4.78 is 0. The largest absolute Gasteiger partial charge is 0.349 e. The molecule has 0 saturated heterocycles. The fourth-order valence-electron chi connectivity index (χ4n) is 1.91. The van der Waals surface area contributed by atoms with Crippen molar-refractivity contribution in [3.8, 4) is 0 Å². The van der Waals surface area contributed by atoms with Crippen molar-refractivity contribution in [2.75, 3.05) is 14.1 Å². The van der Waals surface area contributed by atoms with E-state index < -0.39 is 6.04 Å². The van der Waals surface area contributed by atoms with Crippen LogP contribution in [-0.2, 0) is 9.59 Å². The minimum absolute atomic E-state index is 0.0167.